The van der Waals surface area contributed by atoms with Crippen molar-refractivity contribution in [1.82, 2.24) is 0 Å². The van der Waals surface area contributed by atoms with Crippen molar-refractivity contribution in [1.29, 1.82) is 0 Å². The van der Waals surface area contributed by atoms with Crippen molar-refractivity contribution in [3.05, 3.63) is 53.7 Å². The van der Waals surface area contributed by atoms with Crippen LogP contribution in [0, 0.1) is 0 Å². The zero-order chi connectivity index (χ0) is 14.9. The Morgan fingerprint density at radius 2 is 1.81 bits per heavy atom. The van der Waals surface area contributed by atoms with Gasteiger partial charge in [-0.3, -0.25) is 0 Å². The first-order valence-corrected chi connectivity index (χ1v) is 7.94. The second-order valence-corrected chi connectivity index (χ2v) is 5.96. The number of nitrogens with zero attached hydrogens (tertiary/aromatic N) is 1. The molecule has 2 heteroatoms. The van der Waals surface area contributed by atoms with Crippen molar-refractivity contribution in [3.8, 4) is 11.3 Å². The van der Waals surface area contributed by atoms with Gasteiger partial charge >= 0.3 is 0 Å². The molecule has 3 rings (SSSR count). The van der Waals surface area contributed by atoms with E-state index in [-0.39, 0.29) is 5.54 Å². The van der Waals surface area contributed by atoms with Crippen LogP contribution in [0.3, 0.4) is 0 Å². The molecule has 1 aliphatic heterocycles. The smallest absolute Gasteiger partial charge is 0.213 e. The molecule has 0 unspecified atom stereocenters. The van der Waals surface area contributed by atoms with Crippen LogP contribution >= 0.6 is 0 Å². The van der Waals surface area contributed by atoms with E-state index in [4.69, 9.17) is 0 Å². The lowest BCUT2D eigenvalue weighted by Crippen LogP contribution is -2.58. The third-order valence-corrected chi connectivity index (χ3v) is 5.15. The summed E-state index contributed by atoms with van der Waals surface area (Å²) in [4.78, 5) is 0. The van der Waals surface area contributed by atoms with E-state index in [1.54, 1.807) is 0 Å². The minimum atomic E-state index is -0.405. The molecule has 1 aliphatic rings. The van der Waals surface area contributed by atoms with E-state index in [0.29, 0.717) is 0 Å². The number of aryl methyl sites for hydroxylation is 1. The minimum absolute atomic E-state index is 0.0248. The third-order valence-electron chi connectivity index (χ3n) is 5.15. The summed E-state index contributed by atoms with van der Waals surface area (Å²) in [6.45, 7) is 4.05. The largest absolute Gasteiger partial charge is 0.239 e. The number of aromatic nitrogens is 1. The number of pyridine rings is 1. The molecule has 2 aromatic rings. The highest BCUT2D eigenvalue weighted by atomic mass is 19.1. The summed E-state index contributed by atoms with van der Waals surface area (Å²) in [6.07, 6.45) is 4.20. The van der Waals surface area contributed by atoms with Gasteiger partial charge in [0, 0.05) is 37.0 Å². The molecule has 21 heavy (non-hydrogen) atoms. The Kier molecular flexibility index (Phi) is 3.79. The molecule has 110 valence electrons. The number of fused-ring (bicyclic) bond motifs is 3. The number of benzene rings is 1. The molecule has 0 saturated heterocycles. The lowest BCUT2D eigenvalue weighted by molar-refractivity contribution is -0.764. The Labute approximate surface area is 126 Å². The number of rotatable bonds is 3. The van der Waals surface area contributed by atoms with Crippen LogP contribution in [0.15, 0.2) is 42.5 Å². The highest BCUT2D eigenvalue weighted by Crippen LogP contribution is 2.35. The molecule has 0 atom stereocenters. The maximum Gasteiger partial charge on any atom is 0.213 e. The van der Waals surface area contributed by atoms with Crippen LogP contribution < -0.4 is 4.57 Å². The lowest BCUT2D eigenvalue weighted by atomic mass is 9.86. The van der Waals surface area contributed by atoms with Gasteiger partial charge in [0.05, 0.1) is 0 Å². The van der Waals surface area contributed by atoms with E-state index in [1.807, 2.05) is 12.1 Å². The van der Waals surface area contributed by atoms with Crippen LogP contribution in [-0.4, -0.2) is 0 Å². The zero-order valence-corrected chi connectivity index (χ0v) is 12.9. The van der Waals surface area contributed by atoms with Crippen LogP contribution in [-0.2, 0) is 18.6 Å². The van der Waals surface area contributed by atoms with Gasteiger partial charge in [-0.1, -0.05) is 32.0 Å². The number of alkyl halides is 1. The second kappa shape index (κ2) is 5.59. The van der Waals surface area contributed by atoms with Gasteiger partial charge in [-0.25, -0.2) is 4.39 Å². The van der Waals surface area contributed by atoms with Gasteiger partial charge in [-0.15, -0.1) is 0 Å². The Morgan fingerprint density at radius 1 is 1.05 bits per heavy atom. The Balaban J connectivity index is 2.34. The van der Waals surface area contributed by atoms with Gasteiger partial charge in [-0.2, -0.15) is 4.57 Å². The van der Waals surface area contributed by atoms with Gasteiger partial charge in [0.15, 0.2) is 12.2 Å². The van der Waals surface area contributed by atoms with Crippen molar-refractivity contribution >= 4 is 0 Å². The molecule has 0 fully saturated rings. The fourth-order valence-corrected chi connectivity index (χ4v) is 3.82. The predicted octanol–water partition coefficient (Wildman–Crippen LogP) is 4.57. The Bertz CT molecular complexity index is 644. The maximum atomic E-state index is 13.6. The summed E-state index contributed by atoms with van der Waals surface area (Å²) >= 11 is 0. The summed E-state index contributed by atoms with van der Waals surface area (Å²) in [5.41, 5.74) is 4.63. The van der Waals surface area contributed by atoms with E-state index in [1.165, 1.54) is 16.8 Å². The highest BCUT2D eigenvalue weighted by Gasteiger charge is 2.42. The summed E-state index contributed by atoms with van der Waals surface area (Å²) in [7, 11) is 0. The van der Waals surface area contributed by atoms with E-state index in [9.17, 15) is 4.39 Å². The molecule has 1 nitrogen and oxygen atoms in total. The topological polar surface area (TPSA) is 3.88 Å². The molecule has 0 aliphatic carbocycles. The zero-order valence-electron chi connectivity index (χ0n) is 12.9. The first-order valence-electron chi connectivity index (χ1n) is 7.94. The molecule has 0 bridgehead atoms. The van der Waals surface area contributed by atoms with Gasteiger partial charge in [0.25, 0.3) is 0 Å². The Hall–Kier alpha value is -1.70. The average Bonchev–Trinajstić information content (AvgIpc) is 2.70. The minimum Gasteiger partial charge on any atom is -0.239 e. The van der Waals surface area contributed by atoms with Crippen molar-refractivity contribution in [2.24, 2.45) is 0 Å². The SMILES string of the molecule is CCC1(CC)CCc2ccccc2-c2cccc(CF)[n+]21. The predicted molar refractivity (Wildman–Crippen MR) is 83.8 cm³/mol. The summed E-state index contributed by atoms with van der Waals surface area (Å²) in [5.74, 6) is 0. The van der Waals surface area contributed by atoms with E-state index >= 15 is 0 Å². The van der Waals surface area contributed by atoms with Crippen LogP contribution in [0.4, 0.5) is 4.39 Å². The molecule has 0 amide bonds. The van der Waals surface area contributed by atoms with Crippen molar-refractivity contribution < 1.29 is 8.96 Å². The fraction of sp³-hybridized carbons (Fsp3) is 0.421. The van der Waals surface area contributed by atoms with E-state index < -0.39 is 6.67 Å². The van der Waals surface area contributed by atoms with Crippen molar-refractivity contribution in [2.75, 3.05) is 0 Å². The van der Waals surface area contributed by atoms with Gasteiger partial charge in [0.2, 0.25) is 11.4 Å². The Morgan fingerprint density at radius 3 is 2.52 bits per heavy atom. The molecule has 0 radical (unpaired) electrons. The standard InChI is InChI=1S/C19H23FN/c1-3-19(4-2)13-12-15-8-5-6-10-17(15)18-11-7-9-16(14-20)21(18)19/h5-11H,3-4,12-14H2,1-2H3/q+1. The van der Waals surface area contributed by atoms with Crippen LogP contribution in [0.1, 0.15) is 44.4 Å². The molecule has 1 aromatic carbocycles. The molecular weight excluding hydrogens is 261 g/mol. The van der Waals surface area contributed by atoms with Gasteiger partial charge in [-0.05, 0) is 24.1 Å². The molecule has 0 saturated carbocycles. The number of hydrogen-bond acceptors (Lipinski definition) is 0. The second-order valence-electron chi connectivity index (χ2n) is 5.96. The molecule has 2 heterocycles. The van der Waals surface area contributed by atoms with Crippen LogP contribution in [0.25, 0.3) is 11.3 Å². The number of hydrogen-bond donors (Lipinski definition) is 0. The first-order chi connectivity index (χ1) is 10.3. The van der Waals surface area contributed by atoms with Gasteiger partial charge < -0.3 is 0 Å². The monoisotopic (exact) mass is 284 g/mol. The summed E-state index contributed by atoms with van der Waals surface area (Å²) in [5, 5.41) is 0. The third kappa shape index (κ3) is 2.17. The van der Waals surface area contributed by atoms with E-state index in [2.05, 4.69) is 48.7 Å². The molecular formula is C19H23FN+. The first kappa shape index (κ1) is 14.2. The van der Waals surface area contributed by atoms with E-state index in [0.717, 1.165) is 31.4 Å². The average molecular weight is 284 g/mol. The number of halogens is 1. The lowest BCUT2D eigenvalue weighted by Gasteiger charge is -2.27. The summed E-state index contributed by atoms with van der Waals surface area (Å²) in [6, 6.07) is 14.6. The molecule has 0 N–H and O–H groups in total. The molecule has 1 aromatic heterocycles. The van der Waals surface area contributed by atoms with Crippen molar-refractivity contribution in [3.63, 3.8) is 0 Å². The highest BCUT2D eigenvalue weighted by molar-refractivity contribution is 5.61. The van der Waals surface area contributed by atoms with Crippen LogP contribution in [0.2, 0.25) is 0 Å². The normalized spacial score (nSPS) is 16.0. The molecule has 0 spiro atoms. The van der Waals surface area contributed by atoms with Crippen molar-refractivity contribution in [2.45, 2.75) is 51.7 Å². The maximum absolute atomic E-state index is 13.6. The fourth-order valence-electron chi connectivity index (χ4n) is 3.82. The summed E-state index contributed by atoms with van der Waals surface area (Å²) < 4.78 is 15.9. The van der Waals surface area contributed by atoms with Crippen LogP contribution in [0.5, 0.6) is 0 Å². The van der Waals surface area contributed by atoms with Gasteiger partial charge in [0.1, 0.15) is 0 Å². The quantitative estimate of drug-likeness (QED) is 0.727.